The van der Waals surface area contributed by atoms with Crippen molar-refractivity contribution in [1.29, 1.82) is 0 Å². The summed E-state index contributed by atoms with van der Waals surface area (Å²) < 4.78 is 0. The predicted octanol–water partition coefficient (Wildman–Crippen LogP) is 3.59. The lowest BCUT2D eigenvalue weighted by Gasteiger charge is -2.03. The minimum absolute atomic E-state index is 0.314. The topological polar surface area (TPSA) is 32.6 Å². The van der Waals surface area contributed by atoms with Crippen LogP contribution in [0.5, 0.6) is 5.75 Å². The minimum Gasteiger partial charge on any atom is -0.507 e. The number of aliphatic imine (C=N–C) groups is 1. The van der Waals surface area contributed by atoms with Crippen LogP contribution in [0, 0.1) is 6.92 Å². The normalized spacial score (nSPS) is 14.2. The maximum absolute atomic E-state index is 9.88. The van der Waals surface area contributed by atoms with Gasteiger partial charge in [0.15, 0.2) is 0 Å². The van der Waals surface area contributed by atoms with E-state index in [1.165, 1.54) is 5.56 Å². The van der Waals surface area contributed by atoms with Crippen LogP contribution >= 0.6 is 0 Å². The Hall–Kier alpha value is -2.35. The Kier molecular flexibility index (Phi) is 2.92. The molecule has 0 fully saturated rings. The van der Waals surface area contributed by atoms with Gasteiger partial charge >= 0.3 is 0 Å². The largest absolute Gasteiger partial charge is 0.507 e. The van der Waals surface area contributed by atoms with E-state index in [0.29, 0.717) is 12.3 Å². The van der Waals surface area contributed by atoms with E-state index in [1.54, 1.807) is 6.07 Å². The van der Waals surface area contributed by atoms with Gasteiger partial charge in [-0.15, -0.1) is 0 Å². The van der Waals surface area contributed by atoms with E-state index >= 15 is 0 Å². The standard InChI is InChI=1S/C17H15NO/c1-12-5-4-6-13(9-12)16-10-14(11-18-16)15-7-2-3-8-17(15)19/h2-10,19H,11H2,1H3. The van der Waals surface area contributed by atoms with Gasteiger partial charge in [-0.25, -0.2) is 0 Å². The van der Waals surface area contributed by atoms with Gasteiger partial charge in [0, 0.05) is 5.56 Å². The fourth-order valence-electron chi connectivity index (χ4n) is 2.31. The number of aryl methyl sites for hydroxylation is 1. The summed E-state index contributed by atoms with van der Waals surface area (Å²) >= 11 is 0. The Morgan fingerprint density at radius 1 is 1.05 bits per heavy atom. The van der Waals surface area contributed by atoms with Gasteiger partial charge in [-0.1, -0.05) is 42.0 Å². The van der Waals surface area contributed by atoms with Crippen LogP contribution in [0.4, 0.5) is 0 Å². The van der Waals surface area contributed by atoms with Gasteiger partial charge in [0.05, 0.1) is 12.3 Å². The highest BCUT2D eigenvalue weighted by molar-refractivity contribution is 6.15. The quantitative estimate of drug-likeness (QED) is 0.866. The zero-order valence-corrected chi connectivity index (χ0v) is 10.8. The summed E-state index contributed by atoms with van der Waals surface area (Å²) in [6, 6.07) is 15.7. The third-order valence-corrected chi connectivity index (χ3v) is 3.29. The van der Waals surface area contributed by atoms with E-state index in [9.17, 15) is 5.11 Å². The van der Waals surface area contributed by atoms with Gasteiger partial charge in [-0.05, 0) is 36.3 Å². The van der Waals surface area contributed by atoms with Gasteiger partial charge in [-0.2, -0.15) is 0 Å². The molecule has 94 valence electrons. The fourth-order valence-corrected chi connectivity index (χ4v) is 2.31. The fraction of sp³-hybridized carbons (Fsp3) is 0.118. The molecule has 0 amide bonds. The molecule has 0 atom stereocenters. The maximum atomic E-state index is 9.88. The van der Waals surface area contributed by atoms with Crippen molar-refractivity contribution in [2.24, 2.45) is 4.99 Å². The summed E-state index contributed by atoms with van der Waals surface area (Å²) in [7, 11) is 0. The molecular formula is C17H15NO. The number of phenolic OH excluding ortho intramolecular Hbond substituents is 1. The number of hydrogen-bond donors (Lipinski definition) is 1. The van der Waals surface area contributed by atoms with Gasteiger partial charge < -0.3 is 5.11 Å². The van der Waals surface area contributed by atoms with E-state index in [0.717, 1.165) is 22.4 Å². The van der Waals surface area contributed by atoms with Crippen molar-refractivity contribution in [3.05, 3.63) is 71.3 Å². The van der Waals surface area contributed by atoms with Gasteiger partial charge in [0.25, 0.3) is 0 Å². The average Bonchev–Trinajstić information content (AvgIpc) is 2.89. The monoisotopic (exact) mass is 249 g/mol. The number of nitrogens with zero attached hydrogens (tertiary/aromatic N) is 1. The molecule has 0 radical (unpaired) electrons. The van der Waals surface area contributed by atoms with Gasteiger partial charge in [-0.3, -0.25) is 4.99 Å². The number of hydrogen-bond acceptors (Lipinski definition) is 2. The van der Waals surface area contributed by atoms with Crippen LogP contribution in [0.15, 0.2) is 59.6 Å². The van der Waals surface area contributed by atoms with Crippen molar-refractivity contribution in [2.75, 3.05) is 6.54 Å². The second-order valence-electron chi connectivity index (χ2n) is 4.76. The highest BCUT2D eigenvalue weighted by atomic mass is 16.3. The summed E-state index contributed by atoms with van der Waals surface area (Å²) in [5.41, 5.74) is 5.28. The number of phenols is 1. The summed E-state index contributed by atoms with van der Waals surface area (Å²) in [6.07, 6.45) is 2.06. The SMILES string of the molecule is Cc1cccc(C2=NCC(c3ccccc3O)=C2)c1. The van der Waals surface area contributed by atoms with E-state index in [4.69, 9.17) is 0 Å². The zero-order valence-electron chi connectivity index (χ0n) is 10.8. The number of benzene rings is 2. The molecule has 3 rings (SSSR count). The molecule has 19 heavy (non-hydrogen) atoms. The molecular weight excluding hydrogens is 234 g/mol. The molecule has 0 spiro atoms. The Morgan fingerprint density at radius 3 is 2.68 bits per heavy atom. The smallest absolute Gasteiger partial charge is 0.123 e. The van der Waals surface area contributed by atoms with Crippen LogP contribution in [0.25, 0.3) is 5.57 Å². The third-order valence-electron chi connectivity index (χ3n) is 3.29. The predicted molar refractivity (Wildman–Crippen MR) is 78.7 cm³/mol. The molecule has 2 aromatic rings. The van der Waals surface area contributed by atoms with Crippen molar-refractivity contribution < 1.29 is 5.11 Å². The van der Waals surface area contributed by atoms with Crippen molar-refractivity contribution in [3.8, 4) is 5.75 Å². The number of allylic oxidation sites excluding steroid dienone is 1. The molecule has 2 heteroatoms. The summed E-state index contributed by atoms with van der Waals surface area (Å²) in [5.74, 6) is 0.314. The first-order valence-corrected chi connectivity index (χ1v) is 6.34. The molecule has 1 heterocycles. The van der Waals surface area contributed by atoms with E-state index in [1.807, 2.05) is 24.3 Å². The molecule has 0 aromatic heterocycles. The van der Waals surface area contributed by atoms with Crippen molar-refractivity contribution >= 4 is 11.3 Å². The second-order valence-corrected chi connectivity index (χ2v) is 4.76. The van der Waals surface area contributed by atoms with Crippen molar-refractivity contribution in [2.45, 2.75) is 6.92 Å². The van der Waals surface area contributed by atoms with E-state index in [-0.39, 0.29) is 0 Å². The molecule has 2 nitrogen and oxygen atoms in total. The van der Waals surface area contributed by atoms with Gasteiger partial charge in [0.1, 0.15) is 5.75 Å². The van der Waals surface area contributed by atoms with Crippen LogP contribution < -0.4 is 0 Å². The first kappa shape index (κ1) is 11.7. The molecule has 1 N–H and O–H groups in total. The molecule has 0 bridgehead atoms. The number of aromatic hydroxyl groups is 1. The summed E-state index contributed by atoms with van der Waals surface area (Å²) in [5, 5.41) is 9.88. The Balaban J connectivity index is 1.95. The molecule has 1 aliphatic heterocycles. The maximum Gasteiger partial charge on any atom is 0.123 e. The lowest BCUT2D eigenvalue weighted by atomic mass is 10.0. The lowest BCUT2D eigenvalue weighted by Crippen LogP contribution is -1.93. The zero-order chi connectivity index (χ0) is 13.2. The third kappa shape index (κ3) is 2.29. The Bertz CT molecular complexity index is 683. The van der Waals surface area contributed by atoms with Crippen molar-refractivity contribution in [3.63, 3.8) is 0 Å². The van der Waals surface area contributed by atoms with Crippen LogP contribution in [-0.4, -0.2) is 17.4 Å². The highest BCUT2D eigenvalue weighted by Crippen LogP contribution is 2.28. The second kappa shape index (κ2) is 4.73. The van der Waals surface area contributed by atoms with Gasteiger partial charge in [0.2, 0.25) is 0 Å². The van der Waals surface area contributed by atoms with E-state index < -0.39 is 0 Å². The molecule has 0 saturated carbocycles. The Labute approximate surface area is 112 Å². The minimum atomic E-state index is 0.314. The van der Waals surface area contributed by atoms with Crippen molar-refractivity contribution in [1.82, 2.24) is 0 Å². The Morgan fingerprint density at radius 2 is 1.89 bits per heavy atom. The molecule has 2 aromatic carbocycles. The highest BCUT2D eigenvalue weighted by Gasteiger charge is 2.14. The molecule has 1 aliphatic rings. The van der Waals surface area contributed by atoms with Crippen LogP contribution in [0.3, 0.4) is 0 Å². The first-order chi connectivity index (χ1) is 9.24. The molecule has 0 saturated heterocycles. The van der Waals surface area contributed by atoms with Crippen LogP contribution in [-0.2, 0) is 0 Å². The number of para-hydroxylation sites is 1. The first-order valence-electron chi connectivity index (χ1n) is 6.34. The van der Waals surface area contributed by atoms with Crippen LogP contribution in [0.2, 0.25) is 0 Å². The molecule has 0 unspecified atom stereocenters. The van der Waals surface area contributed by atoms with E-state index in [2.05, 4.69) is 36.2 Å². The summed E-state index contributed by atoms with van der Waals surface area (Å²) in [6.45, 7) is 2.70. The number of rotatable bonds is 2. The lowest BCUT2D eigenvalue weighted by molar-refractivity contribution is 0.473. The molecule has 0 aliphatic carbocycles. The average molecular weight is 249 g/mol. The summed E-state index contributed by atoms with van der Waals surface area (Å²) in [4.78, 5) is 4.56. The van der Waals surface area contributed by atoms with Crippen LogP contribution in [0.1, 0.15) is 16.7 Å².